The molecule has 2 atom stereocenters. The topological polar surface area (TPSA) is 187 Å². The van der Waals surface area contributed by atoms with E-state index in [-0.39, 0.29) is 30.3 Å². The fraction of sp³-hybridized carbons (Fsp3) is 0.438. The zero-order valence-electron chi connectivity index (χ0n) is 26.3. The van der Waals surface area contributed by atoms with E-state index in [4.69, 9.17) is 10.1 Å². The van der Waals surface area contributed by atoms with E-state index in [0.717, 1.165) is 57.0 Å². The van der Waals surface area contributed by atoms with Crippen LogP contribution in [0.5, 0.6) is 11.5 Å². The molecule has 3 rings (SSSR count). The maximum absolute atomic E-state index is 11.7. The lowest BCUT2D eigenvalue weighted by atomic mass is 10.0. The first-order chi connectivity index (χ1) is 22.0. The number of aliphatic hydroxyl groups is 2. The number of benzene rings is 3. The minimum atomic E-state index is -3.65. The first-order valence-corrected chi connectivity index (χ1v) is 17.7. The second kappa shape index (κ2) is 18.9. The number of hydrogen-bond donors (Lipinski definition) is 7. The van der Waals surface area contributed by atoms with Gasteiger partial charge in [-0.25, -0.2) is 13.3 Å². The summed E-state index contributed by atoms with van der Waals surface area (Å²) in [4.78, 5) is 6.47. The van der Waals surface area contributed by atoms with Gasteiger partial charge in [0.1, 0.15) is 23.7 Å². The second-order valence-electron chi connectivity index (χ2n) is 11.2. The van der Waals surface area contributed by atoms with Crippen LogP contribution >= 0.6 is 12.2 Å². The summed E-state index contributed by atoms with van der Waals surface area (Å²) in [6.07, 6.45) is 4.64. The van der Waals surface area contributed by atoms with E-state index >= 15 is 0 Å². The standard InChI is InChI=1S/C32H46N4O8S2/c1-43-44-45-34-27-19-25(13-15-29(27)37)31(39)21-36(18-6-4-8-24-11-9-23(10-12-24)7-3-5-17-33)22-32(40)26-14-16-30(38)28(20-26)35-46(2,41)42/h9-16,19-20,31-32,34-35,37-40H,3-8,17-18,21-22,33H2,1-2H3/t31-,32-/m0/s1. The van der Waals surface area contributed by atoms with E-state index in [2.05, 4.69) is 38.6 Å². The molecule has 0 aliphatic heterocycles. The summed E-state index contributed by atoms with van der Waals surface area (Å²) in [6.45, 7) is 1.58. The van der Waals surface area contributed by atoms with Gasteiger partial charge < -0.3 is 30.9 Å². The molecule has 0 bridgehead atoms. The van der Waals surface area contributed by atoms with E-state index in [1.807, 2.05) is 4.90 Å². The maximum Gasteiger partial charge on any atom is 0.229 e. The van der Waals surface area contributed by atoms with Gasteiger partial charge in [0.05, 0.1) is 36.9 Å². The summed E-state index contributed by atoms with van der Waals surface area (Å²) in [6, 6.07) is 17.6. The van der Waals surface area contributed by atoms with Crippen molar-refractivity contribution in [1.29, 1.82) is 0 Å². The normalized spacial score (nSPS) is 13.1. The summed E-state index contributed by atoms with van der Waals surface area (Å²) < 4.78 is 33.3. The number of sulfonamides is 1. The van der Waals surface area contributed by atoms with Crippen molar-refractivity contribution in [2.45, 2.75) is 50.7 Å². The van der Waals surface area contributed by atoms with Crippen molar-refractivity contribution < 1.29 is 38.1 Å². The van der Waals surface area contributed by atoms with Crippen LogP contribution in [0.15, 0.2) is 60.7 Å². The molecule has 12 nitrogen and oxygen atoms in total. The molecule has 0 radical (unpaired) electrons. The van der Waals surface area contributed by atoms with E-state index in [0.29, 0.717) is 29.9 Å². The first kappa shape index (κ1) is 37.4. The predicted molar refractivity (Wildman–Crippen MR) is 182 cm³/mol. The third kappa shape index (κ3) is 13.0. The molecule has 3 aromatic carbocycles. The Hall–Kier alpha value is -3.08. The highest BCUT2D eigenvalue weighted by molar-refractivity contribution is 7.95. The van der Waals surface area contributed by atoms with Crippen molar-refractivity contribution in [3.63, 3.8) is 0 Å². The van der Waals surface area contributed by atoms with Gasteiger partial charge in [-0.1, -0.05) is 36.4 Å². The number of phenols is 2. The number of aryl methyl sites for hydroxylation is 2. The van der Waals surface area contributed by atoms with Crippen molar-refractivity contribution in [3.05, 3.63) is 82.9 Å². The highest BCUT2D eigenvalue weighted by Gasteiger charge is 2.20. The highest BCUT2D eigenvalue weighted by Crippen LogP contribution is 2.31. The van der Waals surface area contributed by atoms with Crippen LogP contribution in [0.3, 0.4) is 0 Å². The number of phenolic OH excluding ortho intramolecular Hbond substituents is 2. The van der Waals surface area contributed by atoms with Crippen LogP contribution in [0.2, 0.25) is 0 Å². The van der Waals surface area contributed by atoms with Crippen LogP contribution in [0.25, 0.3) is 0 Å². The number of nitrogens with zero attached hydrogens (tertiary/aromatic N) is 1. The van der Waals surface area contributed by atoms with Crippen LogP contribution in [0.1, 0.15) is 60.1 Å². The summed E-state index contributed by atoms with van der Waals surface area (Å²) >= 11 is 0.760. The number of nitrogens with one attached hydrogen (secondary N) is 2. The molecule has 14 heteroatoms. The molecule has 0 heterocycles. The lowest BCUT2D eigenvalue weighted by Gasteiger charge is -2.28. The number of anilines is 2. The summed E-state index contributed by atoms with van der Waals surface area (Å²) in [5.74, 6) is -0.298. The number of aromatic hydroxyl groups is 2. The molecule has 0 saturated heterocycles. The van der Waals surface area contributed by atoms with Gasteiger partial charge in [0, 0.05) is 13.1 Å². The zero-order chi connectivity index (χ0) is 33.5. The van der Waals surface area contributed by atoms with Crippen molar-refractivity contribution in [1.82, 2.24) is 4.90 Å². The average molecular weight is 679 g/mol. The first-order valence-electron chi connectivity index (χ1n) is 15.1. The average Bonchev–Trinajstić information content (AvgIpc) is 3.01. The smallest absolute Gasteiger partial charge is 0.229 e. The zero-order valence-corrected chi connectivity index (χ0v) is 27.9. The molecule has 0 fully saturated rings. The Kier molecular flexibility index (Phi) is 15.4. The Morgan fingerprint density at radius 2 is 1.35 bits per heavy atom. The maximum atomic E-state index is 11.7. The predicted octanol–water partition coefficient (Wildman–Crippen LogP) is 4.40. The molecule has 3 aromatic rings. The minimum absolute atomic E-state index is 0.0320. The lowest BCUT2D eigenvalue weighted by Crippen LogP contribution is -2.33. The van der Waals surface area contributed by atoms with Crippen LogP contribution < -0.4 is 15.2 Å². The molecule has 254 valence electrons. The van der Waals surface area contributed by atoms with Crippen molar-refractivity contribution in [2.75, 3.05) is 49.0 Å². The Morgan fingerprint density at radius 3 is 1.87 bits per heavy atom. The molecule has 0 unspecified atom stereocenters. The number of rotatable bonds is 21. The van der Waals surface area contributed by atoms with Crippen molar-refractivity contribution in [2.24, 2.45) is 5.73 Å². The summed E-state index contributed by atoms with van der Waals surface area (Å²) in [7, 11) is -2.30. The fourth-order valence-electron chi connectivity index (χ4n) is 4.95. The third-order valence-electron chi connectivity index (χ3n) is 7.35. The van der Waals surface area contributed by atoms with E-state index in [1.54, 1.807) is 12.1 Å². The van der Waals surface area contributed by atoms with Gasteiger partial charge in [0.15, 0.2) is 0 Å². The Bertz CT molecular complexity index is 1460. The molecular formula is C32H46N4O8S2. The van der Waals surface area contributed by atoms with Crippen LogP contribution in [0, 0.1) is 0 Å². The Balaban J connectivity index is 1.69. The molecule has 0 saturated carbocycles. The van der Waals surface area contributed by atoms with Gasteiger partial charge in [-0.15, -0.1) is 4.33 Å². The molecule has 0 aliphatic rings. The quantitative estimate of drug-likeness (QED) is 0.0211. The third-order valence-corrected chi connectivity index (χ3v) is 8.45. The largest absolute Gasteiger partial charge is 0.506 e. The molecular weight excluding hydrogens is 633 g/mol. The van der Waals surface area contributed by atoms with Crippen molar-refractivity contribution >= 4 is 33.6 Å². The summed E-state index contributed by atoms with van der Waals surface area (Å²) in [5.41, 5.74) is 9.37. The van der Waals surface area contributed by atoms with Gasteiger partial charge in [0.2, 0.25) is 10.0 Å². The van der Waals surface area contributed by atoms with Gasteiger partial charge >= 0.3 is 0 Å². The Morgan fingerprint density at radius 1 is 0.826 bits per heavy atom. The molecule has 0 aliphatic carbocycles. The van der Waals surface area contributed by atoms with Gasteiger partial charge in [-0.3, -0.25) is 9.62 Å². The van der Waals surface area contributed by atoms with Crippen LogP contribution in [0.4, 0.5) is 11.4 Å². The molecule has 0 amide bonds. The fourth-order valence-corrected chi connectivity index (χ4v) is 5.87. The van der Waals surface area contributed by atoms with Crippen LogP contribution in [-0.4, -0.2) is 73.3 Å². The second-order valence-corrected chi connectivity index (χ2v) is 13.4. The monoisotopic (exact) mass is 678 g/mol. The molecule has 8 N–H and O–H groups in total. The molecule has 0 aromatic heterocycles. The number of nitrogens with two attached hydrogens (primary N) is 1. The number of hydrogen-bond acceptors (Lipinski definition) is 12. The van der Waals surface area contributed by atoms with Crippen molar-refractivity contribution in [3.8, 4) is 11.5 Å². The SMILES string of the molecule is COOSNc1cc([C@@H](O)CN(CCCCc2ccc(CCCCN)cc2)C[C@H](O)c2ccc(O)c(NS(C)(=O)=O)c2)ccc1O. The highest BCUT2D eigenvalue weighted by atomic mass is 32.2. The van der Waals surface area contributed by atoms with Crippen LogP contribution in [-0.2, 0) is 32.1 Å². The number of aliphatic hydroxyl groups excluding tert-OH is 2. The van der Waals surface area contributed by atoms with Gasteiger partial charge in [0.25, 0.3) is 0 Å². The van der Waals surface area contributed by atoms with E-state index < -0.39 is 22.2 Å². The minimum Gasteiger partial charge on any atom is -0.506 e. The lowest BCUT2D eigenvalue weighted by molar-refractivity contribution is -0.159. The Labute approximate surface area is 275 Å². The van der Waals surface area contributed by atoms with Gasteiger partial charge in [-0.2, -0.15) is 0 Å². The van der Waals surface area contributed by atoms with E-state index in [1.165, 1.54) is 42.5 Å². The van der Waals surface area contributed by atoms with Gasteiger partial charge in [-0.05, 0) is 98.1 Å². The van der Waals surface area contributed by atoms with E-state index in [9.17, 15) is 28.8 Å². The summed E-state index contributed by atoms with van der Waals surface area (Å²) in [5, 5.41) is 42.7. The molecule has 46 heavy (non-hydrogen) atoms. The molecule has 0 spiro atoms. The number of unbranched alkanes of at least 4 members (excludes halogenated alkanes) is 2.